The first-order chi connectivity index (χ1) is 15.9. The molecule has 5 N–H and O–H groups in total. The highest BCUT2D eigenvalue weighted by Crippen LogP contribution is 2.27. The summed E-state index contributed by atoms with van der Waals surface area (Å²) in [5.74, 6) is -0.308. The van der Waals surface area contributed by atoms with Crippen LogP contribution in [0.1, 0.15) is 27.9 Å². The van der Waals surface area contributed by atoms with Crippen LogP contribution in [0.25, 0.3) is 0 Å². The van der Waals surface area contributed by atoms with Gasteiger partial charge in [0.05, 0.1) is 18.5 Å². The zero-order valence-corrected chi connectivity index (χ0v) is 21.3. The number of hydrogen-bond acceptors (Lipinski definition) is 9. The minimum Gasteiger partial charge on any atom is -0.370 e. The van der Waals surface area contributed by atoms with Gasteiger partial charge in [0.15, 0.2) is 11.1 Å². The van der Waals surface area contributed by atoms with Gasteiger partial charge in [-0.2, -0.15) is 0 Å². The number of aromatic nitrogens is 1. The van der Waals surface area contributed by atoms with Crippen LogP contribution in [0.5, 0.6) is 0 Å². The van der Waals surface area contributed by atoms with Gasteiger partial charge in [0.1, 0.15) is 17.1 Å². The zero-order chi connectivity index (χ0) is 23.8. The van der Waals surface area contributed by atoms with Gasteiger partial charge in [0.25, 0.3) is 5.91 Å². The molecular formula is C20H28ClN7O4S2. The lowest BCUT2D eigenvalue weighted by atomic mass is 10.1. The summed E-state index contributed by atoms with van der Waals surface area (Å²) in [4.78, 5) is 40.3. The van der Waals surface area contributed by atoms with Crippen LogP contribution in [0.3, 0.4) is 0 Å². The van der Waals surface area contributed by atoms with Crippen molar-refractivity contribution in [2.75, 3.05) is 38.6 Å². The average Bonchev–Trinajstić information content (AvgIpc) is 3.18. The van der Waals surface area contributed by atoms with Crippen molar-refractivity contribution < 1.29 is 18.8 Å². The number of halogens is 1. The summed E-state index contributed by atoms with van der Waals surface area (Å²) < 4.78 is 6.87. The molecule has 1 aliphatic heterocycles. The second kappa shape index (κ2) is 13.5. The molecule has 1 aromatic carbocycles. The largest absolute Gasteiger partial charge is 0.370 e. The zero-order valence-electron chi connectivity index (χ0n) is 18.9. The van der Waals surface area contributed by atoms with Crippen LogP contribution in [0.4, 0.5) is 10.8 Å². The van der Waals surface area contributed by atoms with Crippen molar-refractivity contribution in [3.05, 3.63) is 40.4 Å². The summed E-state index contributed by atoms with van der Waals surface area (Å²) in [6.07, 6.45) is 1.22. The molecule has 2 heterocycles. The number of carbonyl (C=O) groups is 2. The molecule has 0 saturated carbocycles. The quantitative estimate of drug-likeness (QED) is 0.111. The Hall–Kier alpha value is -2.42. The molecule has 11 nitrogen and oxygen atoms in total. The molecule has 2 aromatic rings. The topological polar surface area (TPSA) is 148 Å². The standard InChI is InChI=1S/C20H27N7O4S2.ClH/c1-13(28)23-20-25-16(8-5-14-3-6-15(7-4-14)24-19(21)22)17(32-20)18(29)26-9-11-27(12-10-26)33-31-30-2;/h3-4,6-7H,5,8-12H2,1-2H3,(H4,21,22,24)(H,23,25,28);1H. The molecule has 1 fully saturated rings. The van der Waals surface area contributed by atoms with Crippen LogP contribution in [0, 0.1) is 0 Å². The van der Waals surface area contributed by atoms with E-state index in [1.165, 1.54) is 25.4 Å². The Balaban J connectivity index is 0.00000408. The molecule has 1 aliphatic rings. The average molecular weight is 530 g/mol. The minimum absolute atomic E-state index is 0. The number of nitrogens with one attached hydrogen (secondary N) is 1. The van der Waals surface area contributed by atoms with Crippen LogP contribution < -0.4 is 16.8 Å². The van der Waals surface area contributed by atoms with Gasteiger partial charge in [-0.05, 0) is 30.5 Å². The summed E-state index contributed by atoms with van der Waals surface area (Å²) in [7, 11) is 1.45. The Kier molecular flexibility index (Phi) is 11.0. The van der Waals surface area contributed by atoms with Crippen LogP contribution >= 0.6 is 36.0 Å². The van der Waals surface area contributed by atoms with E-state index in [-0.39, 0.29) is 30.2 Å². The van der Waals surface area contributed by atoms with E-state index in [1.807, 2.05) is 28.6 Å². The van der Waals surface area contributed by atoms with Gasteiger partial charge in [-0.3, -0.25) is 9.59 Å². The van der Waals surface area contributed by atoms with Gasteiger partial charge in [-0.25, -0.2) is 19.2 Å². The van der Waals surface area contributed by atoms with Gasteiger partial charge < -0.3 is 21.7 Å². The van der Waals surface area contributed by atoms with E-state index in [0.717, 1.165) is 17.8 Å². The number of rotatable bonds is 9. The summed E-state index contributed by atoms with van der Waals surface area (Å²) in [5, 5.41) is 3.12. The van der Waals surface area contributed by atoms with E-state index < -0.39 is 0 Å². The number of hydrogen-bond donors (Lipinski definition) is 3. The molecule has 0 unspecified atom stereocenters. The third-order valence-electron chi connectivity index (χ3n) is 4.75. The Labute approximate surface area is 212 Å². The van der Waals surface area contributed by atoms with Gasteiger partial charge in [-0.15, -0.1) is 16.7 Å². The third kappa shape index (κ3) is 8.11. The maximum Gasteiger partial charge on any atom is 0.266 e. The second-order valence-corrected chi connectivity index (χ2v) is 9.01. The summed E-state index contributed by atoms with van der Waals surface area (Å²) in [6, 6.07) is 7.53. The smallest absolute Gasteiger partial charge is 0.266 e. The number of carbonyl (C=O) groups excluding carboxylic acids is 2. The van der Waals surface area contributed by atoms with Crippen molar-refractivity contribution in [1.82, 2.24) is 14.2 Å². The molecule has 14 heteroatoms. The molecule has 0 aliphatic carbocycles. The lowest BCUT2D eigenvalue weighted by Gasteiger charge is -2.32. The van der Waals surface area contributed by atoms with E-state index in [9.17, 15) is 9.59 Å². The molecule has 0 spiro atoms. The number of nitrogens with zero attached hydrogens (tertiary/aromatic N) is 4. The van der Waals surface area contributed by atoms with Gasteiger partial charge in [0.2, 0.25) is 5.91 Å². The number of aryl methyl sites for hydroxylation is 2. The highest BCUT2D eigenvalue weighted by molar-refractivity contribution is 7.92. The Bertz CT molecular complexity index is 991. The molecule has 2 amide bonds. The summed E-state index contributed by atoms with van der Waals surface area (Å²) in [5.41, 5.74) is 13.2. The Morgan fingerprint density at radius 3 is 2.44 bits per heavy atom. The normalized spacial score (nSPS) is 13.8. The summed E-state index contributed by atoms with van der Waals surface area (Å²) in [6.45, 7) is 3.82. The monoisotopic (exact) mass is 529 g/mol. The van der Waals surface area contributed by atoms with E-state index in [0.29, 0.717) is 60.4 Å². The first-order valence-electron chi connectivity index (χ1n) is 10.2. The number of guanidine groups is 1. The van der Waals surface area contributed by atoms with E-state index in [2.05, 4.69) is 20.2 Å². The van der Waals surface area contributed by atoms with E-state index >= 15 is 0 Å². The SMILES string of the molecule is COOSN1CCN(C(=O)c2sc(NC(C)=O)nc2CCc2ccc(N=C(N)N)cc2)CC1.Cl. The van der Waals surface area contributed by atoms with E-state index in [4.69, 9.17) is 15.8 Å². The Morgan fingerprint density at radius 2 is 1.85 bits per heavy atom. The van der Waals surface area contributed by atoms with Crippen LogP contribution in [-0.4, -0.2) is 65.3 Å². The van der Waals surface area contributed by atoms with Gasteiger partial charge in [0, 0.05) is 33.1 Å². The number of aliphatic imine (C=N–C) groups is 1. The van der Waals surface area contributed by atoms with Gasteiger partial charge in [-0.1, -0.05) is 23.5 Å². The van der Waals surface area contributed by atoms with Crippen LogP contribution in [0.2, 0.25) is 0 Å². The number of benzene rings is 1. The maximum atomic E-state index is 13.3. The molecule has 1 saturated heterocycles. The van der Waals surface area contributed by atoms with Crippen LogP contribution in [-0.2, 0) is 26.9 Å². The number of anilines is 1. The van der Waals surface area contributed by atoms with Crippen molar-refractivity contribution in [3.63, 3.8) is 0 Å². The molecule has 0 radical (unpaired) electrons. The third-order valence-corrected chi connectivity index (χ3v) is 6.52. The highest BCUT2D eigenvalue weighted by atomic mass is 35.5. The fourth-order valence-electron chi connectivity index (χ4n) is 3.22. The summed E-state index contributed by atoms with van der Waals surface area (Å²) >= 11 is 2.33. The minimum atomic E-state index is -0.228. The van der Waals surface area contributed by atoms with E-state index in [1.54, 1.807) is 4.90 Å². The number of nitrogens with two attached hydrogens (primary N) is 2. The maximum absolute atomic E-state index is 13.3. The van der Waals surface area contributed by atoms with Crippen molar-refractivity contribution in [2.24, 2.45) is 16.5 Å². The first-order valence-corrected chi connectivity index (χ1v) is 11.7. The molecule has 1 aromatic heterocycles. The van der Waals surface area contributed by atoms with Crippen LogP contribution in [0.15, 0.2) is 29.3 Å². The molecule has 0 atom stereocenters. The highest BCUT2D eigenvalue weighted by Gasteiger charge is 2.27. The van der Waals surface area contributed by atoms with Crippen molar-refractivity contribution in [1.29, 1.82) is 0 Å². The number of piperazine rings is 1. The lowest BCUT2D eigenvalue weighted by Crippen LogP contribution is -2.46. The Morgan fingerprint density at radius 1 is 1.18 bits per heavy atom. The number of amides is 2. The van der Waals surface area contributed by atoms with Crippen molar-refractivity contribution in [2.45, 2.75) is 19.8 Å². The predicted molar refractivity (Wildman–Crippen MR) is 136 cm³/mol. The first kappa shape index (κ1) is 27.8. The lowest BCUT2D eigenvalue weighted by molar-refractivity contribution is -0.163. The fraction of sp³-hybridized carbons (Fsp3) is 0.400. The molecule has 186 valence electrons. The molecule has 3 rings (SSSR count). The second-order valence-electron chi connectivity index (χ2n) is 7.21. The van der Waals surface area contributed by atoms with Gasteiger partial charge >= 0.3 is 0 Å². The fourth-order valence-corrected chi connectivity index (χ4v) is 4.71. The molecule has 0 bridgehead atoms. The number of thiazole rings is 1. The molecule has 34 heavy (non-hydrogen) atoms. The predicted octanol–water partition coefficient (Wildman–Crippen LogP) is 2.11. The van der Waals surface area contributed by atoms with Crippen molar-refractivity contribution in [3.8, 4) is 0 Å². The van der Waals surface area contributed by atoms with Crippen molar-refractivity contribution >= 4 is 64.6 Å². The molecular weight excluding hydrogens is 502 g/mol.